The molecule has 0 aromatic carbocycles. The first-order chi connectivity index (χ1) is 22.9. The Morgan fingerprint density at radius 2 is 2.04 bits per heavy atom. The summed E-state index contributed by atoms with van der Waals surface area (Å²) in [6.07, 6.45) is 8.81. The molecule has 2 aromatic rings. The van der Waals surface area contributed by atoms with Crippen molar-refractivity contribution in [1.82, 2.24) is 20.2 Å². The number of carbonyl (C=O) groups excluding carboxylic acids is 1. The molecule has 254 valence electrons. The van der Waals surface area contributed by atoms with Crippen LogP contribution in [0.25, 0.3) is 0 Å². The van der Waals surface area contributed by atoms with Crippen LogP contribution in [-0.2, 0) is 21.4 Å². The number of likely N-dealkylation sites (tertiary alicyclic amines) is 1. The number of nitrogens with one attached hydrogen (secondary N) is 4. The number of hydrogen-bond donors (Lipinski definition) is 6. The van der Waals surface area contributed by atoms with Gasteiger partial charge in [-0.1, -0.05) is 0 Å². The molecule has 0 bridgehead atoms. The molecule has 48 heavy (non-hydrogen) atoms. The molecule has 13 nitrogen and oxygen atoms in total. The van der Waals surface area contributed by atoms with Gasteiger partial charge in [-0.05, 0) is 90.4 Å². The van der Waals surface area contributed by atoms with Gasteiger partial charge in [-0.3, -0.25) is 20.5 Å². The lowest BCUT2D eigenvalue weighted by Gasteiger charge is -2.41. The number of nitrogens with two attached hydrogens (primary N) is 1. The second-order valence-corrected chi connectivity index (χ2v) is 14.7. The van der Waals surface area contributed by atoms with Crippen molar-refractivity contribution in [1.29, 1.82) is 16.1 Å². The number of aryl methyl sites for hydroxylation is 1. The van der Waals surface area contributed by atoms with E-state index in [-0.39, 0.29) is 41.0 Å². The number of anilines is 2. The lowest BCUT2D eigenvalue weighted by molar-refractivity contribution is -0.124. The first-order valence-corrected chi connectivity index (χ1v) is 17.3. The van der Waals surface area contributed by atoms with Crippen molar-refractivity contribution in [3.05, 3.63) is 51.5 Å². The number of fused-ring (bicyclic) bond motifs is 2. The number of nitriles is 1. The Hall–Kier alpha value is -4.32. The molecule has 6 rings (SSSR count). The van der Waals surface area contributed by atoms with Crippen LogP contribution in [0.5, 0.6) is 5.88 Å². The van der Waals surface area contributed by atoms with Gasteiger partial charge in [0.05, 0.1) is 29.7 Å². The Kier molecular flexibility index (Phi) is 9.30. The summed E-state index contributed by atoms with van der Waals surface area (Å²) in [6.45, 7) is 5.65. The maximum absolute atomic E-state index is 12.5. The number of amides is 1. The summed E-state index contributed by atoms with van der Waals surface area (Å²) in [6, 6.07) is 4.11. The number of carbonyl (C=O) groups is 1. The third-order valence-electron chi connectivity index (χ3n) is 10.0. The van der Waals surface area contributed by atoms with Crippen LogP contribution in [0.3, 0.4) is 0 Å². The number of rotatable bonds is 10. The molecule has 2 fully saturated rings. The number of aliphatic hydroxyl groups is 1. The highest BCUT2D eigenvalue weighted by molar-refractivity contribution is 7.16. The van der Waals surface area contributed by atoms with Gasteiger partial charge in [0.15, 0.2) is 5.82 Å². The second kappa shape index (κ2) is 13.3. The lowest BCUT2D eigenvalue weighted by atomic mass is 9.63. The number of allylic oxidation sites excluding steroid dienone is 2. The number of ether oxygens (including phenoxy) is 2. The van der Waals surface area contributed by atoms with Gasteiger partial charge in [-0.25, -0.2) is 4.98 Å². The number of nitrogens with zero attached hydrogens (tertiary/aromatic N) is 4. The van der Waals surface area contributed by atoms with Crippen molar-refractivity contribution in [2.75, 3.05) is 37.9 Å². The monoisotopic (exact) mass is 673 g/mol. The van der Waals surface area contributed by atoms with E-state index in [1.54, 1.807) is 6.07 Å². The van der Waals surface area contributed by atoms with Gasteiger partial charge >= 0.3 is 0 Å². The lowest BCUT2D eigenvalue weighted by Crippen LogP contribution is -2.60. The number of likely N-dealkylation sites (N-methyl/N-ethyl adjacent to an activating group) is 1. The third-order valence-corrected chi connectivity index (χ3v) is 11.1. The number of aliphatic hydroxyl groups excluding tert-OH is 1. The van der Waals surface area contributed by atoms with E-state index in [4.69, 9.17) is 20.6 Å². The van der Waals surface area contributed by atoms with E-state index < -0.39 is 16.9 Å². The van der Waals surface area contributed by atoms with Gasteiger partial charge in [-0.15, -0.1) is 11.3 Å². The molecule has 1 amide bonds. The third kappa shape index (κ3) is 6.29. The van der Waals surface area contributed by atoms with E-state index in [0.717, 1.165) is 42.7 Å². The van der Waals surface area contributed by atoms with E-state index in [0.29, 0.717) is 60.9 Å². The molecule has 0 radical (unpaired) electrons. The van der Waals surface area contributed by atoms with Gasteiger partial charge in [0.1, 0.15) is 40.2 Å². The molecule has 0 saturated carbocycles. The predicted molar refractivity (Wildman–Crippen MR) is 184 cm³/mol. The first-order valence-electron chi connectivity index (χ1n) is 16.5. The Labute approximate surface area is 284 Å². The van der Waals surface area contributed by atoms with Crippen LogP contribution in [0.1, 0.15) is 80.6 Å². The van der Waals surface area contributed by atoms with Gasteiger partial charge in [-0.2, -0.15) is 10.2 Å². The standard InChI is InChI=1S/C34H43N9O4S/c1-19(23-8-6-14-43(23)3)47-26-15-25(39-13-10-22(36)32(45)42-33(2)17-46-18-33)40-31(41-26)28(37)20-7-4-11-34(29(20)44)12-5-9-24-27(34)21(16-35)30(38)48-24/h10,13,15,19,23,36-37,44H,4-9,11-12,14,17-18,38H2,1-3H3,(H,42,45)(H,39,40,41)/b13-10-,36-22?,37-28?/t19-,23-,34-/m0/s1. The second-order valence-electron chi connectivity index (χ2n) is 13.6. The normalized spacial score (nSPS) is 24.1. The summed E-state index contributed by atoms with van der Waals surface area (Å²) in [4.78, 5) is 25.1. The van der Waals surface area contributed by atoms with Crippen LogP contribution in [-0.4, -0.2) is 81.8 Å². The van der Waals surface area contributed by atoms with Crippen LogP contribution in [0, 0.1) is 22.1 Å². The molecule has 2 aliphatic carbocycles. The summed E-state index contributed by atoms with van der Waals surface area (Å²) in [5.41, 5.74) is 6.41. The van der Waals surface area contributed by atoms with Crippen molar-refractivity contribution in [2.24, 2.45) is 0 Å². The van der Waals surface area contributed by atoms with Crippen molar-refractivity contribution in [3.63, 3.8) is 0 Å². The van der Waals surface area contributed by atoms with Gasteiger partial charge in [0, 0.05) is 28.8 Å². The molecular formula is C34H43N9O4S. The quantitative estimate of drug-likeness (QED) is 0.197. The van der Waals surface area contributed by atoms with Crippen molar-refractivity contribution in [2.45, 2.75) is 88.3 Å². The topological polar surface area (TPSA) is 206 Å². The molecule has 7 N–H and O–H groups in total. The Bertz CT molecular complexity index is 1740. The van der Waals surface area contributed by atoms with E-state index in [1.165, 1.54) is 23.6 Å². The fraction of sp³-hybridized carbons (Fsp3) is 0.529. The van der Waals surface area contributed by atoms with Crippen LogP contribution >= 0.6 is 11.3 Å². The van der Waals surface area contributed by atoms with Crippen LogP contribution in [0.15, 0.2) is 29.7 Å². The Morgan fingerprint density at radius 1 is 1.29 bits per heavy atom. The van der Waals surface area contributed by atoms with Gasteiger partial charge in [0.2, 0.25) is 5.88 Å². The minimum Gasteiger partial charge on any atom is -0.511 e. The highest BCUT2D eigenvalue weighted by Crippen LogP contribution is 2.54. The van der Waals surface area contributed by atoms with Crippen molar-refractivity contribution in [3.8, 4) is 11.9 Å². The predicted octanol–water partition coefficient (Wildman–Crippen LogP) is 4.34. The molecule has 1 spiro atoms. The highest BCUT2D eigenvalue weighted by atomic mass is 32.1. The molecule has 4 heterocycles. The molecule has 2 aromatic heterocycles. The van der Waals surface area contributed by atoms with E-state index in [9.17, 15) is 20.6 Å². The van der Waals surface area contributed by atoms with E-state index in [1.807, 2.05) is 13.8 Å². The summed E-state index contributed by atoms with van der Waals surface area (Å²) in [5, 5.41) is 45.7. The van der Waals surface area contributed by atoms with E-state index in [2.05, 4.69) is 38.6 Å². The number of nitrogen functional groups attached to an aromatic ring is 1. The summed E-state index contributed by atoms with van der Waals surface area (Å²) in [5.74, 6) is 0.208. The van der Waals surface area contributed by atoms with Crippen LogP contribution in [0.4, 0.5) is 10.8 Å². The average Bonchev–Trinajstić information content (AvgIpc) is 3.63. The maximum Gasteiger partial charge on any atom is 0.269 e. The number of thiophene rings is 1. The SMILES string of the molecule is C[C@H](Oc1cc(N/C=C\C(=N)C(=O)NC2(C)COC2)nc(C(=N)C2=C(O)[C@@]3(CCC2)CCCc2sc(N)c(C#N)c23)n1)[C@@H]1CCCN1C. The smallest absolute Gasteiger partial charge is 0.269 e. The number of hydrogen-bond acceptors (Lipinski definition) is 13. The molecule has 2 aliphatic heterocycles. The largest absolute Gasteiger partial charge is 0.511 e. The zero-order valence-corrected chi connectivity index (χ0v) is 28.4. The first kappa shape index (κ1) is 33.6. The Morgan fingerprint density at radius 3 is 2.71 bits per heavy atom. The fourth-order valence-electron chi connectivity index (χ4n) is 7.50. The Balaban J connectivity index is 1.31. The summed E-state index contributed by atoms with van der Waals surface area (Å²) in [7, 11) is 2.07. The minimum atomic E-state index is -0.782. The molecule has 2 saturated heterocycles. The summed E-state index contributed by atoms with van der Waals surface area (Å²) < 4.78 is 11.5. The van der Waals surface area contributed by atoms with Crippen LogP contribution in [0.2, 0.25) is 0 Å². The molecular weight excluding hydrogens is 630 g/mol. The average molecular weight is 674 g/mol. The van der Waals surface area contributed by atoms with Gasteiger partial charge in [0.25, 0.3) is 5.91 Å². The van der Waals surface area contributed by atoms with Crippen molar-refractivity contribution < 1.29 is 19.4 Å². The minimum absolute atomic E-state index is 0.0217. The zero-order valence-electron chi connectivity index (χ0n) is 27.6. The van der Waals surface area contributed by atoms with Crippen molar-refractivity contribution >= 4 is 39.5 Å². The molecule has 14 heteroatoms. The van der Waals surface area contributed by atoms with E-state index >= 15 is 0 Å². The molecule has 0 unspecified atom stereocenters. The highest BCUT2D eigenvalue weighted by Gasteiger charge is 2.47. The molecule has 4 aliphatic rings. The van der Waals surface area contributed by atoms with Crippen LogP contribution < -0.4 is 21.1 Å². The van der Waals surface area contributed by atoms with Gasteiger partial charge < -0.3 is 30.9 Å². The fourth-order valence-corrected chi connectivity index (χ4v) is 8.66. The zero-order chi connectivity index (χ0) is 34.2. The summed E-state index contributed by atoms with van der Waals surface area (Å²) >= 11 is 1.42. The molecule has 3 atom stereocenters. The number of aromatic nitrogens is 2. The maximum atomic E-state index is 12.5.